The van der Waals surface area contributed by atoms with Gasteiger partial charge in [-0.25, -0.2) is 0 Å². The third kappa shape index (κ3) is 3.99. The van der Waals surface area contributed by atoms with E-state index < -0.39 is 5.97 Å². The summed E-state index contributed by atoms with van der Waals surface area (Å²) in [7, 11) is 0. The Morgan fingerprint density at radius 2 is 1.95 bits per heavy atom. The largest absolute Gasteiger partial charge is 0.481 e. The summed E-state index contributed by atoms with van der Waals surface area (Å²) in [5, 5.41) is 11.6. The quantitative estimate of drug-likeness (QED) is 0.813. The average Bonchev–Trinajstić information content (AvgIpc) is 2.91. The van der Waals surface area contributed by atoms with Crippen LogP contribution in [0.1, 0.15) is 25.7 Å². The molecule has 4 nitrogen and oxygen atoms in total. The first-order valence-electron chi connectivity index (χ1n) is 6.41. The zero-order chi connectivity index (χ0) is 13.7. The van der Waals surface area contributed by atoms with Gasteiger partial charge in [0.1, 0.15) is 0 Å². The van der Waals surface area contributed by atoms with Crippen molar-refractivity contribution in [2.24, 2.45) is 5.92 Å². The first kappa shape index (κ1) is 13.9. The minimum absolute atomic E-state index is 0.00366. The van der Waals surface area contributed by atoms with E-state index in [-0.39, 0.29) is 17.6 Å². The van der Waals surface area contributed by atoms with Crippen LogP contribution in [0.2, 0.25) is 0 Å². The first-order chi connectivity index (χ1) is 9.16. The molecule has 2 N–H and O–H groups in total. The first-order valence-corrected chi connectivity index (χ1v) is 7.40. The summed E-state index contributed by atoms with van der Waals surface area (Å²) in [6, 6.07) is 7.33. The van der Waals surface area contributed by atoms with Crippen LogP contribution in [0.15, 0.2) is 29.2 Å². The Morgan fingerprint density at radius 1 is 1.26 bits per heavy atom. The van der Waals surface area contributed by atoms with Gasteiger partial charge in [-0.1, -0.05) is 25.0 Å². The third-order valence-corrected chi connectivity index (χ3v) is 4.28. The molecule has 19 heavy (non-hydrogen) atoms. The fraction of sp³-hybridized carbons (Fsp3) is 0.429. The highest BCUT2D eigenvalue weighted by Crippen LogP contribution is 2.30. The molecule has 0 radical (unpaired) electrons. The fourth-order valence-electron chi connectivity index (χ4n) is 2.26. The number of thioether (sulfide) groups is 1. The Kier molecular flexibility index (Phi) is 4.85. The third-order valence-electron chi connectivity index (χ3n) is 3.22. The van der Waals surface area contributed by atoms with Crippen LogP contribution in [-0.2, 0) is 9.59 Å². The van der Waals surface area contributed by atoms with E-state index in [0.717, 1.165) is 30.6 Å². The summed E-state index contributed by atoms with van der Waals surface area (Å²) >= 11 is 1.23. The molecule has 5 heteroatoms. The van der Waals surface area contributed by atoms with Gasteiger partial charge in [0.2, 0.25) is 5.91 Å². The lowest BCUT2D eigenvalue weighted by atomic mass is 10.1. The smallest absolute Gasteiger partial charge is 0.313 e. The van der Waals surface area contributed by atoms with Crippen LogP contribution in [0.5, 0.6) is 0 Å². The molecule has 0 saturated heterocycles. The van der Waals surface area contributed by atoms with Crippen molar-refractivity contribution >= 4 is 29.3 Å². The van der Waals surface area contributed by atoms with Crippen LogP contribution in [0.3, 0.4) is 0 Å². The maximum Gasteiger partial charge on any atom is 0.313 e. The number of hydrogen-bond donors (Lipinski definition) is 2. The molecule has 0 heterocycles. The van der Waals surface area contributed by atoms with E-state index in [1.165, 1.54) is 11.8 Å². The van der Waals surface area contributed by atoms with Crippen molar-refractivity contribution in [3.63, 3.8) is 0 Å². The molecule has 0 bridgehead atoms. The fourth-order valence-corrected chi connectivity index (χ4v) is 2.99. The SMILES string of the molecule is O=C(O)CSc1ccccc1NC(=O)C1CCCC1. The Labute approximate surface area is 116 Å². The van der Waals surface area contributed by atoms with Gasteiger partial charge in [-0.05, 0) is 25.0 Å². The summed E-state index contributed by atoms with van der Waals surface area (Å²) in [6.07, 6.45) is 4.15. The lowest BCUT2D eigenvalue weighted by Crippen LogP contribution is -2.20. The van der Waals surface area contributed by atoms with Crippen LogP contribution < -0.4 is 5.32 Å². The van der Waals surface area contributed by atoms with Crippen molar-refractivity contribution in [2.75, 3.05) is 11.1 Å². The Bertz CT molecular complexity index is 470. The number of amides is 1. The van der Waals surface area contributed by atoms with Gasteiger partial charge in [0, 0.05) is 10.8 Å². The molecule has 0 unspecified atom stereocenters. The maximum absolute atomic E-state index is 12.1. The normalized spacial score (nSPS) is 15.4. The van der Waals surface area contributed by atoms with E-state index in [1.807, 2.05) is 24.3 Å². The summed E-state index contributed by atoms with van der Waals surface area (Å²) in [5.74, 6) is -0.698. The van der Waals surface area contributed by atoms with E-state index in [0.29, 0.717) is 5.69 Å². The lowest BCUT2D eigenvalue weighted by Gasteiger charge is -2.13. The number of anilines is 1. The van der Waals surface area contributed by atoms with Gasteiger partial charge in [-0.3, -0.25) is 9.59 Å². The van der Waals surface area contributed by atoms with Crippen molar-refractivity contribution in [1.82, 2.24) is 0 Å². The van der Waals surface area contributed by atoms with E-state index in [9.17, 15) is 9.59 Å². The van der Waals surface area contributed by atoms with Crippen molar-refractivity contribution in [2.45, 2.75) is 30.6 Å². The second-order valence-corrected chi connectivity index (χ2v) is 5.67. The summed E-state index contributed by atoms with van der Waals surface area (Å²) in [5.41, 5.74) is 0.714. The zero-order valence-electron chi connectivity index (χ0n) is 10.6. The molecule has 1 aliphatic rings. The molecule has 0 atom stereocenters. The van der Waals surface area contributed by atoms with Crippen LogP contribution >= 0.6 is 11.8 Å². The van der Waals surface area contributed by atoms with Gasteiger partial charge in [0.25, 0.3) is 0 Å². The number of hydrogen-bond acceptors (Lipinski definition) is 3. The molecule has 0 spiro atoms. The highest BCUT2D eigenvalue weighted by atomic mass is 32.2. The van der Waals surface area contributed by atoms with E-state index in [1.54, 1.807) is 0 Å². The van der Waals surface area contributed by atoms with Crippen LogP contribution in [0, 0.1) is 5.92 Å². The standard InChI is InChI=1S/C14H17NO3S/c16-13(17)9-19-12-8-4-3-7-11(12)15-14(18)10-5-1-2-6-10/h3-4,7-8,10H,1-2,5-6,9H2,(H,15,18)(H,16,17). The molecule has 0 aliphatic heterocycles. The monoisotopic (exact) mass is 279 g/mol. The molecule has 0 aromatic heterocycles. The summed E-state index contributed by atoms with van der Waals surface area (Å²) < 4.78 is 0. The van der Waals surface area contributed by atoms with Gasteiger partial charge in [-0.15, -0.1) is 11.8 Å². The van der Waals surface area contributed by atoms with E-state index in [2.05, 4.69) is 5.32 Å². The van der Waals surface area contributed by atoms with Gasteiger partial charge in [-0.2, -0.15) is 0 Å². The van der Waals surface area contributed by atoms with E-state index >= 15 is 0 Å². The number of para-hydroxylation sites is 1. The van der Waals surface area contributed by atoms with Crippen molar-refractivity contribution in [3.8, 4) is 0 Å². The minimum atomic E-state index is -0.859. The van der Waals surface area contributed by atoms with Crippen molar-refractivity contribution in [1.29, 1.82) is 0 Å². The number of benzene rings is 1. The second-order valence-electron chi connectivity index (χ2n) is 4.65. The number of carboxylic acids is 1. The van der Waals surface area contributed by atoms with Gasteiger partial charge in [0.15, 0.2) is 0 Å². The number of rotatable bonds is 5. The molecule has 2 rings (SSSR count). The van der Waals surface area contributed by atoms with Crippen molar-refractivity contribution in [3.05, 3.63) is 24.3 Å². The zero-order valence-corrected chi connectivity index (χ0v) is 11.4. The van der Waals surface area contributed by atoms with Gasteiger partial charge in [0.05, 0.1) is 11.4 Å². The molecule has 1 amide bonds. The highest BCUT2D eigenvalue weighted by molar-refractivity contribution is 8.00. The highest BCUT2D eigenvalue weighted by Gasteiger charge is 2.23. The average molecular weight is 279 g/mol. The molecular formula is C14H17NO3S. The Hall–Kier alpha value is -1.49. The molecule has 1 aromatic rings. The van der Waals surface area contributed by atoms with Gasteiger partial charge >= 0.3 is 5.97 Å². The minimum Gasteiger partial charge on any atom is -0.481 e. The van der Waals surface area contributed by atoms with Gasteiger partial charge < -0.3 is 10.4 Å². The Balaban J connectivity index is 2.02. The Morgan fingerprint density at radius 3 is 2.63 bits per heavy atom. The topological polar surface area (TPSA) is 66.4 Å². The van der Waals surface area contributed by atoms with E-state index in [4.69, 9.17) is 5.11 Å². The number of carbonyl (C=O) groups is 2. The van der Waals surface area contributed by atoms with Crippen molar-refractivity contribution < 1.29 is 14.7 Å². The predicted octanol–water partition coefficient (Wildman–Crippen LogP) is 2.99. The van der Waals surface area contributed by atoms with Crippen LogP contribution in [0.25, 0.3) is 0 Å². The molecule has 1 aliphatic carbocycles. The predicted molar refractivity (Wildman–Crippen MR) is 75.4 cm³/mol. The maximum atomic E-state index is 12.1. The number of carboxylic acid groups (broad SMARTS) is 1. The number of carbonyl (C=O) groups excluding carboxylic acids is 1. The molecule has 1 saturated carbocycles. The van der Waals surface area contributed by atoms with Crippen LogP contribution in [0.4, 0.5) is 5.69 Å². The number of aliphatic carboxylic acids is 1. The molecule has 1 fully saturated rings. The summed E-state index contributed by atoms with van der Waals surface area (Å²) in [6.45, 7) is 0. The lowest BCUT2D eigenvalue weighted by molar-refractivity contribution is -0.133. The molecule has 102 valence electrons. The van der Waals surface area contributed by atoms with Crippen LogP contribution in [-0.4, -0.2) is 22.7 Å². The number of nitrogens with one attached hydrogen (secondary N) is 1. The molecular weight excluding hydrogens is 262 g/mol. The second kappa shape index (κ2) is 6.61. The molecule has 1 aromatic carbocycles. The summed E-state index contributed by atoms with van der Waals surface area (Å²) in [4.78, 5) is 23.5.